The zero-order valence-electron chi connectivity index (χ0n) is 11.4. The van der Waals surface area contributed by atoms with Crippen molar-refractivity contribution in [2.24, 2.45) is 0 Å². The average molecular weight is 273 g/mol. The van der Waals surface area contributed by atoms with E-state index in [2.05, 4.69) is 40.0 Å². The van der Waals surface area contributed by atoms with Gasteiger partial charge in [0.2, 0.25) is 0 Å². The normalized spacial score (nSPS) is 20.5. The van der Waals surface area contributed by atoms with Gasteiger partial charge in [0.25, 0.3) is 0 Å². The zero-order valence-corrected chi connectivity index (χ0v) is 12.2. The highest BCUT2D eigenvalue weighted by Gasteiger charge is 2.17. The Balaban J connectivity index is 0.00000162. The Hall–Kier alpha value is -0.580. The van der Waals surface area contributed by atoms with Crippen molar-refractivity contribution < 1.29 is 0 Å². The van der Waals surface area contributed by atoms with Crippen molar-refractivity contribution in [3.8, 4) is 0 Å². The molecule has 0 amide bonds. The van der Waals surface area contributed by atoms with Gasteiger partial charge < -0.3 is 5.32 Å². The van der Waals surface area contributed by atoms with E-state index in [0.29, 0.717) is 6.04 Å². The van der Waals surface area contributed by atoms with Crippen LogP contribution in [0.4, 0.5) is 0 Å². The molecule has 0 bridgehead atoms. The molecular formula is C13H25ClN4. The Kier molecular flexibility index (Phi) is 6.68. The summed E-state index contributed by atoms with van der Waals surface area (Å²) in [7, 11) is 2.24. The molecule has 1 aromatic rings. The molecule has 5 heteroatoms. The molecule has 0 saturated carbocycles. The van der Waals surface area contributed by atoms with Crippen LogP contribution in [0.25, 0.3) is 0 Å². The molecule has 104 valence electrons. The van der Waals surface area contributed by atoms with E-state index in [1.807, 2.05) is 6.20 Å². The van der Waals surface area contributed by atoms with Gasteiger partial charge in [0.1, 0.15) is 0 Å². The topological polar surface area (TPSA) is 33.1 Å². The van der Waals surface area contributed by atoms with E-state index in [1.54, 1.807) is 0 Å². The van der Waals surface area contributed by atoms with Crippen LogP contribution in [0.3, 0.4) is 0 Å². The predicted octanol–water partition coefficient (Wildman–Crippen LogP) is 1.90. The lowest BCUT2D eigenvalue weighted by Crippen LogP contribution is -2.32. The summed E-state index contributed by atoms with van der Waals surface area (Å²) in [5.41, 5.74) is 1.33. The van der Waals surface area contributed by atoms with Crippen molar-refractivity contribution >= 4 is 12.4 Å². The minimum atomic E-state index is 0. The molecular weight excluding hydrogens is 248 g/mol. The molecule has 0 radical (unpaired) electrons. The van der Waals surface area contributed by atoms with Gasteiger partial charge in [-0.3, -0.25) is 9.58 Å². The lowest BCUT2D eigenvalue weighted by atomic mass is 10.1. The van der Waals surface area contributed by atoms with Gasteiger partial charge in [-0.2, -0.15) is 5.10 Å². The van der Waals surface area contributed by atoms with Crippen molar-refractivity contribution in [1.82, 2.24) is 20.0 Å². The summed E-state index contributed by atoms with van der Waals surface area (Å²) in [5.74, 6) is 0. The first-order chi connectivity index (χ1) is 8.31. The third-order valence-electron chi connectivity index (χ3n) is 3.68. The summed E-state index contributed by atoms with van der Waals surface area (Å²) in [5, 5.41) is 7.80. The Morgan fingerprint density at radius 1 is 1.44 bits per heavy atom. The first-order valence-electron chi connectivity index (χ1n) is 6.73. The summed E-state index contributed by atoms with van der Waals surface area (Å²) in [6, 6.07) is 2.85. The van der Waals surface area contributed by atoms with Crippen molar-refractivity contribution in [3.05, 3.63) is 18.0 Å². The van der Waals surface area contributed by atoms with Gasteiger partial charge in [-0.1, -0.05) is 0 Å². The van der Waals surface area contributed by atoms with E-state index in [4.69, 9.17) is 0 Å². The standard InChI is InChI=1S/C13H24N4.ClH/c1-3-17-13(7-10-15-17)11-16(2)12-5-4-8-14-9-6-12;/h7,10,12,14H,3-6,8-9,11H2,1-2H3;1H. The lowest BCUT2D eigenvalue weighted by molar-refractivity contribution is 0.211. The largest absolute Gasteiger partial charge is 0.317 e. The second kappa shape index (κ2) is 7.77. The van der Waals surface area contributed by atoms with Crippen molar-refractivity contribution in [3.63, 3.8) is 0 Å². The second-order valence-electron chi connectivity index (χ2n) is 4.89. The second-order valence-corrected chi connectivity index (χ2v) is 4.89. The number of halogens is 1. The van der Waals surface area contributed by atoms with E-state index in [1.165, 1.54) is 31.5 Å². The number of aromatic nitrogens is 2. The number of hydrogen-bond donors (Lipinski definition) is 1. The number of hydrogen-bond acceptors (Lipinski definition) is 3. The average Bonchev–Trinajstić information content (AvgIpc) is 2.62. The maximum Gasteiger partial charge on any atom is 0.0524 e. The van der Waals surface area contributed by atoms with Gasteiger partial charge in [-0.15, -0.1) is 12.4 Å². The molecule has 1 aliphatic rings. The number of rotatable bonds is 4. The van der Waals surface area contributed by atoms with Crippen LogP contribution in [0.15, 0.2) is 12.3 Å². The monoisotopic (exact) mass is 272 g/mol. The molecule has 1 unspecified atom stereocenters. The fourth-order valence-electron chi connectivity index (χ4n) is 2.61. The third kappa shape index (κ3) is 3.97. The molecule has 0 spiro atoms. The quantitative estimate of drug-likeness (QED) is 0.909. The van der Waals surface area contributed by atoms with Crippen molar-refractivity contribution in [2.45, 2.75) is 45.3 Å². The van der Waals surface area contributed by atoms with Crippen LogP contribution in [-0.4, -0.2) is 40.9 Å². The molecule has 0 aliphatic carbocycles. The molecule has 0 aromatic carbocycles. The Morgan fingerprint density at radius 3 is 3.06 bits per heavy atom. The van der Waals surface area contributed by atoms with Gasteiger partial charge in [-0.05, 0) is 52.4 Å². The first kappa shape index (κ1) is 15.5. The molecule has 1 fully saturated rings. The Labute approximate surface area is 116 Å². The van der Waals surface area contributed by atoms with E-state index in [0.717, 1.165) is 19.6 Å². The van der Waals surface area contributed by atoms with E-state index < -0.39 is 0 Å². The van der Waals surface area contributed by atoms with Crippen LogP contribution in [0, 0.1) is 0 Å². The molecule has 18 heavy (non-hydrogen) atoms. The van der Waals surface area contributed by atoms with Gasteiger partial charge >= 0.3 is 0 Å². The minimum absolute atomic E-state index is 0. The summed E-state index contributed by atoms with van der Waals surface area (Å²) in [6.07, 6.45) is 5.77. The minimum Gasteiger partial charge on any atom is -0.317 e. The van der Waals surface area contributed by atoms with E-state index in [9.17, 15) is 0 Å². The fourth-order valence-corrected chi connectivity index (χ4v) is 2.61. The Morgan fingerprint density at radius 2 is 2.28 bits per heavy atom. The highest BCUT2D eigenvalue weighted by atomic mass is 35.5. The molecule has 1 aromatic heterocycles. The number of nitrogens with one attached hydrogen (secondary N) is 1. The molecule has 1 aliphatic heterocycles. The number of aryl methyl sites for hydroxylation is 1. The van der Waals surface area contributed by atoms with Crippen LogP contribution < -0.4 is 5.32 Å². The van der Waals surface area contributed by atoms with E-state index in [-0.39, 0.29) is 12.4 Å². The highest BCUT2D eigenvalue weighted by molar-refractivity contribution is 5.85. The Bertz CT molecular complexity index is 331. The van der Waals surface area contributed by atoms with Gasteiger partial charge in [0, 0.05) is 25.3 Å². The maximum absolute atomic E-state index is 4.33. The maximum atomic E-state index is 4.33. The van der Waals surface area contributed by atoms with Crippen molar-refractivity contribution in [1.29, 1.82) is 0 Å². The summed E-state index contributed by atoms with van der Waals surface area (Å²) < 4.78 is 2.09. The summed E-state index contributed by atoms with van der Waals surface area (Å²) >= 11 is 0. The smallest absolute Gasteiger partial charge is 0.0524 e. The molecule has 1 atom stereocenters. The highest BCUT2D eigenvalue weighted by Crippen LogP contribution is 2.14. The molecule has 2 rings (SSSR count). The molecule has 1 N–H and O–H groups in total. The summed E-state index contributed by atoms with van der Waals surface area (Å²) in [6.45, 7) is 6.45. The summed E-state index contributed by atoms with van der Waals surface area (Å²) in [4.78, 5) is 2.48. The zero-order chi connectivity index (χ0) is 12.1. The van der Waals surface area contributed by atoms with Crippen molar-refractivity contribution in [2.75, 3.05) is 20.1 Å². The molecule has 2 heterocycles. The van der Waals surface area contributed by atoms with Gasteiger partial charge in [0.05, 0.1) is 5.69 Å². The molecule has 1 saturated heterocycles. The van der Waals surface area contributed by atoms with Crippen LogP contribution in [0.2, 0.25) is 0 Å². The van der Waals surface area contributed by atoms with Crippen LogP contribution >= 0.6 is 12.4 Å². The third-order valence-corrected chi connectivity index (χ3v) is 3.68. The lowest BCUT2D eigenvalue weighted by Gasteiger charge is -2.26. The number of nitrogens with zero attached hydrogens (tertiary/aromatic N) is 3. The van der Waals surface area contributed by atoms with E-state index >= 15 is 0 Å². The van der Waals surface area contributed by atoms with Gasteiger partial charge in [-0.25, -0.2) is 0 Å². The SMILES string of the molecule is CCn1nccc1CN(C)C1CCCNCC1.Cl. The molecule has 4 nitrogen and oxygen atoms in total. The van der Waals surface area contributed by atoms with Crippen LogP contribution in [-0.2, 0) is 13.1 Å². The van der Waals surface area contributed by atoms with Crippen LogP contribution in [0.5, 0.6) is 0 Å². The van der Waals surface area contributed by atoms with Gasteiger partial charge in [0.15, 0.2) is 0 Å². The van der Waals surface area contributed by atoms with Crippen LogP contribution in [0.1, 0.15) is 31.9 Å². The first-order valence-corrected chi connectivity index (χ1v) is 6.73. The fraction of sp³-hybridized carbons (Fsp3) is 0.769. The predicted molar refractivity (Wildman–Crippen MR) is 77.1 cm³/mol.